The molecule has 3 aliphatic heterocycles. The first-order chi connectivity index (χ1) is 17.6. The molecule has 0 spiro atoms. The van der Waals surface area contributed by atoms with Crippen LogP contribution >= 0.6 is 0 Å². The van der Waals surface area contributed by atoms with Gasteiger partial charge in [0.1, 0.15) is 5.75 Å². The summed E-state index contributed by atoms with van der Waals surface area (Å²) in [5, 5.41) is 13.7. The highest BCUT2D eigenvalue weighted by molar-refractivity contribution is 5.81. The van der Waals surface area contributed by atoms with Gasteiger partial charge >= 0.3 is 0 Å². The summed E-state index contributed by atoms with van der Waals surface area (Å²) in [6.07, 6.45) is 20.4. The maximum Gasteiger partial charge on any atom is 0.227 e. The maximum atomic E-state index is 13.0. The van der Waals surface area contributed by atoms with Crippen LogP contribution in [-0.2, 0) is 4.79 Å². The van der Waals surface area contributed by atoms with Gasteiger partial charge in [0.25, 0.3) is 0 Å². The lowest BCUT2D eigenvalue weighted by Crippen LogP contribution is -2.61. The smallest absolute Gasteiger partial charge is 0.227 e. The van der Waals surface area contributed by atoms with Crippen LogP contribution in [0.15, 0.2) is 60.7 Å². The van der Waals surface area contributed by atoms with Gasteiger partial charge < -0.3 is 10.4 Å². The van der Waals surface area contributed by atoms with Crippen LogP contribution in [0.2, 0.25) is 0 Å². The Morgan fingerprint density at radius 3 is 2.42 bits per heavy atom. The second kappa shape index (κ2) is 10.2. The maximum absolute atomic E-state index is 13.0. The number of fused-ring (bicyclic) bond motifs is 6. The molecule has 36 heavy (non-hydrogen) atoms. The number of carbonyl (C=O) groups excluding carboxylic acids is 1. The van der Waals surface area contributed by atoms with E-state index in [1.54, 1.807) is 6.07 Å². The summed E-state index contributed by atoms with van der Waals surface area (Å²) in [5.74, 6) is 0.416. The second-order valence-electron chi connectivity index (χ2n) is 11.6. The number of allylic oxidation sites excluding steroid dienone is 1. The van der Waals surface area contributed by atoms with Crippen molar-refractivity contribution in [1.82, 2.24) is 15.1 Å². The first kappa shape index (κ1) is 24.0. The van der Waals surface area contributed by atoms with Gasteiger partial charge in [0.2, 0.25) is 5.91 Å². The Hall–Kier alpha value is -2.37. The molecule has 5 aliphatic rings. The summed E-state index contributed by atoms with van der Waals surface area (Å²) < 4.78 is 0. The number of phenolic OH excluding ortho intramolecular Hbond substituents is 1. The van der Waals surface area contributed by atoms with Crippen molar-refractivity contribution in [2.75, 3.05) is 6.54 Å². The van der Waals surface area contributed by atoms with Crippen LogP contribution in [0.3, 0.4) is 0 Å². The molecule has 3 saturated heterocycles. The number of nitrogens with zero attached hydrogens (tertiary/aromatic N) is 2. The molecule has 192 valence electrons. The van der Waals surface area contributed by atoms with Crippen LogP contribution in [0.4, 0.5) is 0 Å². The van der Waals surface area contributed by atoms with Gasteiger partial charge in [-0.25, -0.2) is 0 Å². The van der Waals surface area contributed by atoms with Crippen LogP contribution in [0.25, 0.3) is 0 Å². The largest absolute Gasteiger partial charge is 0.508 e. The number of benzene rings is 1. The Morgan fingerprint density at radius 2 is 1.78 bits per heavy atom. The van der Waals surface area contributed by atoms with Crippen LogP contribution in [0.5, 0.6) is 5.75 Å². The molecule has 1 amide bonds. The normalized spacial score (nSPS) is 33.3. The van der Waals surface area contributed by atoms with E-state index in [-0.39, 0.29) is 17.9 Å². The van der Waals surface area contributed by atoms with Crippen molar-refractivity contribution in [3.8, 4) is 5.75 Å². The quantitative estimate of drug-likeness (QED) is 0.516. The minimum Gasteiger partial charge on any atom is -0.508 e. The van der Waals surface area contributed by atoms with Gasteiger partial charge in [0.05, 0.1) is 12.0 Å². The molecule has 1 aromatic carbocycles. The van der Waals surface area contributed by atoms with Crippen LogP contribution in [0, 0.1) is 5.92 Å². The average Bonchev–Trinajstić information content (AvgIpc) is 3.40. The zero-order valence-corrected chi connectivity index (χ0v) is 21.4. The molecular weight excluding hydrogens is 446 g/mol. The second-order valence-corrected chi connectivity index (χ2v) is 11.6. The van der Waals surface area contributed by atoms with Crippen LogP contribution in [0.1, 0.15) is 75.8 Å². The number of piperazine rings is 1. The zero-order chi connectivity index (χ0) is 24.6. The van der Waals surface area contributed by atoms with Crippen molar-refractivity contribution in [3.05, 3.63) is 66.3 Å². The van der Waals surface area contributed by atoms with E-state index in [0.29, 0.717) is 36.0 Å². The Bertz CT molecular complexity index is 1020. The first-order valence-corrected chi connectivity index (χ1v) is 14.3. The van der Waals surface area contributed by atoms with Crippen LogP contribution < -0.4 is 5.32 Å². The lowest BCUT2D eigenvalue weighted by Gasteiger charge is -2.50. The summed E-state index contributed by atoms with van der Waals surface area (Å²) in [4.78, 5) is 18.5. The molecule has 6 unspecified atom stereocenters. The van der Waals surface area contributed by atoms with E-state index >= 15 is 0 Å². The minimum atomic E-state index is -0.0853. The van der Waals surface area contributed by atoms with Crippen molar-refractivity contribution >= 4 is 5.91 Å². The SMILES string of the molecule is C=CCN1C2CCC1C1CCC2N1C(C1=CCC(C(=O)NC2CCCCC2)C=C1)c1cccc(O)c1. The highest BCUT2D eigenvalue weighted by Gasteiger charge is 2.56. The topological polar surface area (TPSA) is 55.8 Å². The van der Waals surface area contributed by atoms with E-state index in [4.69, 9.17) is 0 Å². The van der Waals surface area contributed by atoms with Crippen molar-refractivity contribution in [2.24, 2.45) is 5.92 Å². The van der Waals surface area contributed by atoms with Gasteiger partial charge in [0.15, 0.2) is 0 Å². The number of carbonyl (C=O) groups is 1. The molecule has 0 radical (unpaired) electrons. The molecule has 5 nitrogen and oxygen atoms in total. The lowest BCUT2D eigenvalue weighted by atomic mass is 9.86. The molecule has 4 fully saturated rings. The fourth-order valence-electron chi connectivity index (χ4n) is 8.04. The number of hydrogen-bond acceptors (Lipinski definition) is 4. The zero-order valence-electron chi connectivity index (χ0n) is 21.4. The Balaban J connectivity index is 1.25. The van der Waals surface area contributed by atoms with Gasteiger partial charge in [-0.15, -0.1) is 6.58 Å². The van der Waals surface area contributed by atoms with Gasteiger partial charge in [-0.05, 0) is 68.2 Å². The third-order valence-electron chi connectivity index (χ3n) is 9.58. The Morgan fingerprint density at radius 1 is 1.06 bits per heavy atom. The minimum absolute atomic E-state index is 0.0853. The van der Waals surface area contributed by atoms with Gasteiger partial charge in [-0.2, -0.15) is 0 Å². The predicted octanol–water partition coefficient (Wildman–Crippen LogP) is 5.25. The van der Waals surface area contributed by atoms with Crippen molar-refractivity contribution in [3.63, 3.8) is 0 Å². The molecular formula is C31H41N3O2. The highest BCUT2D eigenvalue weighted by atomic mass is 16.3. The monoisotopic (exact) mass is 487 g/mol. The van der Waals surface area contributed by atoms with Gasteiger partial charge in [-0.3, -0.25) is 14.6 Å². The van der Waals surface area contributed by atoms with Crippen molar-refractivity contribution in [1.29, 1.82) is 0 Å². The van der Waals surface area contributed by atoms with E-state index in [0.717, 1.165) is 31.4 Å². The van der Waals surface area contributed by atoms with E-state index in [1.165, 1.54) is 50.5 Å². The lowest BCUT2D eigenvalue weighted by molar-refractivity contribution is -0.124. The molecule has 2 aliphatic carbocycles. The van der Waals surface area contributed by atoms with Crippen molar-refractivity contribution in [2.45, 2.75) is 100 Å². The number of amides is 1. The van der Waals surface area contributed by atoms with E-state index in [2.05, 4.69) is 52.1 Å². The van der Waals surface area contributed by atoms with Crippen molar-refractivity contribution < 1.29 is 9.90 Å². The number of nitrogens with one attached hydrogen (secondary N) is 1. The van der Waals surface area contributed by atoms with Crippen LogP contribution in [-0.4, -0.2) is 57.6 Å². The summed E-state index contributed by atoms with van der Waals surface area (Å²) in [6, 6.07) is 10.5. The molecule has 4 bridgehead atoms. The molecule has 6 rings (SSSR count). The molecule has 1 aromatic rings. The summed E-state index contributed by atoms with van der Waals surface area (Å²) in [5.41, 5.74) is 2.43. The van der Waals surface area contributed by atoms with Gasteiger partial charge in [-0.1, -0.05) is 55.7 Å². The highest BCUT2D eigenvalue weighted by Crippen LogP contribution is 2.51. The third-order valence-corrected chi connectivity index (χ3v) is 9.58. The van der Waals surface area contributed by atoms with E-state index < -0.39 is 0 Å². The van der Waals surface area contributed by atoms with Gasteiger partial charge in [0, 0.05) is 36.8 Å². The number of hydrogen-bond donors (Lipinski definition) is 2. The molecule has 6 atom stereocenters. The Kier molecular flexibility index (Phi) is 6.78. The number of rotatable bonds is 7. The standard InChI is InChI=1S/C31H41N3O2/c1-2-19-33-26-15-16-27(33)29-18-17-28(26)34(29)30(23-7-6-10-25(35)20-23)21-11-13-22(14-12-21)31(36)32-24-8-4-3-5-9-24/h2,6-7,10-13,20,22,24,26-30,35H,1,3-5,8-9,14-19H2,(H,32,36). The summed E-state index contributed by atoms with van der Waals surface area (Å²) in [7, 11) is 0. The summed E-state index contributed by atoms with van der Waals surface area (Å²) >= 11 is 0. The first-order valence-electron chi connectivity index (χ1n) is 14.3. The Labute approximate surface area is 215 Å². The number of phenols is 1. The molecule has 2 N–H and O–H groups in total. The van der Waals surface area contributed by atoms with E-state index in [1.807, 2.05) is 12.1 Å². The fourth-order valence-corrected chi connectivity index (χ4v) is 8.04. The number of aromatic hydroxyl groups is 1. The fraction of sp³-hybridized carbons (Fsp3) is 0.581. The third kappa shape index (κ3) is 4.35. The molecule has 1 saturated carbocycles. The molecule has 3 heterocycles. The predicted molar refractivity (Wildman–Crippen MR) is 144 cm³/mol. The average molecular weight is 488 g/mol. The molecule has 0 aromatic heterocycles. The van der Waals surface area contributed by atoms with E-state index in [9.17, 15) is 9.90 Å². The molecule has 5 heteroatoms. The summed E-state index contributed by atoms with van der Waals surface area (Å²) in [6.45, 7) is 5.01.